The molecule has 1 N–H and O–H groups in total. The van der Waals surface area contributed by atoms with Gasteiger partial charge in [0, 0.05) is 12.6 Å². The summed E-state index contributed by atoms with van der Waals surface area (Å²) in [6, 6.07) is 21.8. The van der Waals surface area contributed by atoms with Crippen molar-refractivity contribution in [3.8, 4) is 0 Å². The third-order valence-electron chi connectivity index (χ3n) is 8.58. The molecule has 0 spiro atoms. The number of carboxylic acid groups (broad SMARTS) is 1. The molecule has 2 aromatic carbocycles. The van der Waals surface area contributed by atoms with Crippen LogP contribution in [0.1, 0.15) is 70.6 Å². The number of hydrogen-bond acceptors (Lipinski definition) is 1. The average Bonchev–Trinajstić information content (AvgIpc) is 3.33. The largest absolute Gasteiger partial charge is 0.465 e. The van der Waals surface area contributed by atoms with Gasteiger partial charge in [-0.25, -0.2) is 4.79 Å². The summed E-state index contributed by atoms with van der Waals surface area (Å²) < 4.78 is 0. The van der Waals surface area contributed by atoms with E-state index in [1.807, 2.05) is 4.90 Å². The smallest absolute Gasteiger partial charge is 0.407 e. The van der Waals surface area contributed by atoms with E-state index in [9.17, 15) is 9.90 Å². The highest BCUT2D eigenvalue weighted by Crippen LogP contribution is 2.61. The lowest BCUT2D eigenvalue weighted by Crippen LogP contribution is -2.38. The highest BCUT2D eigenvalue weighted by molar-refractivity contribution is 7.73. The van der Waals surface area contributed by atoms with E-state index in [-0.39, 0.29) is 14.0 Å². The molecule has 0 aromatic heterocycles. The van der Waals surface area contributed by atoms with Crippen molar-refractivity contribution in [1.82, 2.24) is 4.90 Å². The van der Waals surface area contributed by atoms with Gasteiger partial charge in [0.25, 0.3) is 0 Å². The maximum atomic E-state index is 12.5. The van der Waals surface area contributed by atoms with E-state index >= 15 is 0 Å². The van der Waals surface area contributed by atoms with Crippen molar-refractivity contribution in [1.29, 1.82) is 0 Å². The molecule has 5 heteroatoms. The first-order valence-electron chi connectivity index (χ1n) is 13.9. The number of amides is 1. The lowest BCUT2D eigenvalue weighted by molar-refractivity contribution is 0.144. The van der Waals surface area contributed by atoms with Crippen LogP contribution in [0.5, 0.6) is 0 Å². The fourth-order valence-electron chi connectivity index (χ4n) is 6.95. The molecule has 35 heavy (non-hydrogen) atoms. The second kappa shape index (κ2) is 12.2. The number of nitrogens with zero attached hydrogens (tertiary/aromatic N) is 1. The van der Waals surface area contributed by atoms with Crippen LogP contribution >= 0.6 is 15.8 Å². The topological polar surface area (TPSA) is 40.5 Å². The van der Waals surface area contributed by atoms with Crippen molar-refractivity contribution < 1.29 is 9.90 Å². The summed E-state index contributed by atoms with van der Waals surface area (Å²) >= 11 is 0. The zero-order chi connectivity index (χ0) is 24.0. The minimum absolute atomic E-state index is 0.107. The molecule has 0 radical (unpaired) electrons. The Morgan fingerprint density at radius 1 is 0.743 bits per heavy atom. The molecule has 188 valence electrons. The molecule has 1 amide bonds. The van der Waals surface area contributed by atoms with E-state index in [1.54, 1.807) is 0 Å². The molecule has 2 saturated carbocycles. The Hall–Kier alpha value is -1.43. The Balaban J connectivity index is 1.40. The molecule has 3 aliphatic rings. The average molecular weight is 510 g/mol. The molecule has 3 fully saturated rings. The highest BCUT2D eigenvalue weighted by Gasteiger charge is 2.44. The van der Waals surface area contributed by atoms with Crippen LogP contribution in [0, 0.1) is 0 Å². The normalized spacial score (nSPS) is 24.3. The molecule has 1 saturated heterocycles. The van der Waals surface area contributed by atoms with Gasteiger partial charge in [0.05, 0.1) is 0 Å². The fourth-order valence-corrected chi connectivity index (χ4v) is 14.1. The summed E-state index contributed by atoms with van der Waals surface area (Å²) in [5.74, 6) is 0. The van der Waals surface area contributed by atoms with E-state index in [2.05, 4.69) is 60.7 Å². The van der Waals surface area contributed by atoms with Gasteiger partial charge in [0.15, 0.2) is 0 Å². The molecule has 2 aliphatic carbocycles. The summed E-state index contributed by atoms with van der Waals surface area (Å²) in [7, 11) is -0.686. The summed E-state index contributed by atoms with van der Waals surface area (Å²) in [6.45, 7) is 0.783. The lowest BCUT2D eigenvalue weighted by atomic mass is 9.99. The second-order valence-electron chi connectivity index (χ2n) is 10.8. The van der Waals surface area contributed by atoms with Crippen LogP contribution < -0.4 is 10.6 Å². The quantitative estimate of drug-likeness (QED) is 0.396. The Kier molecular flexibility index (Phi) is 8.80. The van der Waals surface area contributed by atoms with E-state index < -0.39 is 14.0 Å². The standard InChI is InChI=1S/C30H41NO2P2/c32-30(33)31-22-29(35(27-17-9-3-10-18-27)28-19-11-4-12-20-28)21-24(31)23-34(25-13-5-1-6-14-25)26-15-7-2-8-16-26/h1-2,5-8,13-16,24,27-29H,3-4,9-12,17-23H2,(H,32,33). The van der Waals surface area contributed by atoms with E-state index in [0.29, 0.717) is 5.66 Å². The number of likely N-dealkylation sites (tertiary alicyclic amines) is 1. The van der Waals surface area contributed by atoms with Gasteiger partial charge < -0.3 is 10.0 Å². The Morgan fingerprint density at radius 2 is 1.23 bits per heavy atom. The third kappa shape index (κ3) is 6.11. The van der Waals surface area contributed by atoms with Crippen molar-refractivity contribution in [3.63, 3.8) is 0 Å². The van der Waals surface area contributed by atoms with Crippen LogP contribution in [0.4, 0.5) is 4.79 Å². The van der Waals surface area contributed by atoms with Crippen molar-refractivity contribution in [2.75, 3.05) is 12.7 Å². The van der Waals surface area contributed by atoms with Crippen molar-refractivity contribution >= 4 is 32.5 Å². The fraction of sp³-hybridized carbons (Fsp3) is 0.567. The summed E-state index contributed by atoms with van der Waals surface area (Å²) in [5, 5.41) is 13.0. The monoisotopic (exact) mass is 509 g/mol. The van der Waals surface area contributed by atoms with Gasteiger partial charge in [0.1, 0.15) is 0 Å². The molecule has 3 nitrogen and oxygen atoms in total. The zero-order valence-corrected chi connectivity index (χ0v) is 22.8. The van der Waals surface area contributed by atoms with Gasteiger partial charge in [0.2, 0.25) is 0 Å². The molecular weight excluding hydrogens is 468 g/mol. The van der Waals surface area contributed by atoms with Crippen LogP contribution in [0.15, 0.2) is 60.7 Å². The number of rotatable bonds is 7. The van der Waals surface area contributed by atoms with Crippen molar-refractivity contribution in [2.24, 2.45) is 0 Å². The van der Waals surface area contributed by atoms with Crippen molar-refractivity contribution in [3.05, 3.63) is 60.7 Å². The first kappa shape index (κ1) is 25.2. The van der Waals surface area contributed by atoms with Crippen LogP contribution in [0.3, 0.4) is 0 Å². The van der Waals surface area contributed by atoms with E-state index in [4.69, 9.17) is 0 Å². The molecule has 2 unspecified atom stereocenters. The maximum absolute atomic E-state index is 12.5. The van der Waals surface area contributed by atoms with Gasteiger partial charge >= 0.3 is 6.09 Å². The lowest BCUT2D eigenvalue weighted by Gasteiger charge is -2.42. The predicted molar refractivity (Wildman–Crippen MR) is 152 cm³/mol. The Bertz CT molecular complexity index is 870. The Labute approximate surface area is 214 Å². The van der Waals surface area contributed by atoms with E-state index in [0.717, 1.165) is 30.4 Å². The molecular formula is C30H41NO2P2. The van der Waals surface area contributed by atoms with Crippen LogP contribution in [-0.4, -0.2) is 51.8 Å². The van der Waals surface area contributed by atoms with Crippen LogP contribution in [0.2, 0.25) is 0 Å². The number of hydrogen-bond donors (Lipinski definition) is 1. The van der Waals surface area contributed by atoms with Crippen LogP contribution in [-0.2, 0) is 0 Å². The Morgan fingerprint density at radius 3 is 1.69 bits per heavy atom. The van der Waals surface area contributed by atoms with Gasteiger partial charge in [-0.2, -0.15) is 0 Å². The van der Waals surface area contributed by atoms with Crippen LogP contribution in [0.25, 0.3) is 0 Å². The molecule has 1 aliphatic heterocycles. The van der Waals surface area contributed by atoms with E-state index in [1.165, 1.54) is 74.8 Å². The number of carbonyl (C=O) groups is 1. The molecule has 2 atom stereocenters. The molecule has 2 aromatic rings. The van der Waals surface area contributed by atoms with Gasteiger partial charge in [-0.3, -0.25) is 0 Å². The first-order chi connectivity index (χ1) is 17.2. The van der Waals surface area contributed by atoms with Gasteiger partial charge in [-0.1, -0.05) is 107 Å². The summed E-state index contributed by atoms with van der Waals surface area (Å²) in [6.07, 6.45) is 15.3. The van der Waals surface area contributed by atoms with Gasteiger partial charge in [-0.15, -0.1) is 0 Å². The second-order valence-corrected chi connectivity index (χ2v) is 16.1. The zero-order valence-electron chi connectivity index (χ0n) is 21.0. The first-order valence-corrected chi connectivity index (χ1v) is 16.9. The minimum atomic E-state index is -0.698. The van der Waals surface area contributed by atoms with Gasteiger partial charge in [-0.05, 0) is 73.8 Å². The molecule has 5 rings (SSSR count). The highest BCUT2D eigenvalue weighted by atomic mass is 31.1. The predicted octanol–water partition coefficient (Wildman–Crippen LogP) is 7.39. The summed E-state index contributed by atoms with van der Waals surface area (Å²) in [5.41, 5.74) is 2.36. The minimum Gasteiger partial charge on any atom is -0.465 e. The summed E-state index contributed by atoms with van der Waals surface area (Å²) in [4.78, 5) is 14.4. The third-order valence-corrected chi connectivity index (χ3v) is 15.1. The maximum Gasteiger partial charge on any atom is 0.407 e. The van der Waals surface area contributed by atoms with Crippen molar-refractivity contribution in [2.45, 2.75) is 93.6 Å². The molecule has 1 heterocycles. The molecule has 0 bridgehead atoms. The number of benzene rings is 2. The SMILES string of the molecule is O=C(O)N1CC(P(C2CCCCC2)C2CCCCC2)CC1CP(c1ccccc1)c1ccccc1.